The van der Waals surface area contributed by atoms with E-state index in [9.17, 15) is 0 Å². The maximum absolute atomic E-state index is 6.24. The van der Waals surface area contributed by atoms with Crippen molar-refractivity contribution in [1.29, 1.82) is 0 Å². The van der Waals surface area contributed by atoms with Gasteiger partial charge in [0.2, 0.25) is 0 Å². The smallest absolute Gasteiger partial charge is 0.123 e. The molecule has 21 heavy (non-hydrogen) atoms. The minimum Gasteiger partial charge on any atom is -0.492 e. The molecule has 0 aliphatic carbocycles. The van der Waals surface area contributed by atoms with E-state index in [2.05, 4.69) is 43.9 Å². The third-order valence-electron chi connectivity index (χ3n) is 5.09. The SMILES string of the molecule is CCC(C)CC(CC)(CN)N1CCOc2ccccc2C1. The molecule has 2 N–H and O–H groups in total. The number of nitrogens with two attached hydrogens (primary N) is 1. The molecule has 0 saturated heterocycles. The number of fused-ring (bicyclic) bond motifs is 1. The quantitative estimate of drug-likeness (QED) is 0.872. The predicted octanol–water partition coefficient (Wildman–Crippen LogP) is 3.42. The van der Waals surface area contributed by atoms with Gasteiger partial charge in [0, 0.05) is 30.7 Å². The van der Waals surface area contributed by atoms with Crippen LogP contribution in [0.4, 0.5) is 0 Å². The second kappa shape index (κ2) is 7.28. The number of hydrogen-bond acceptors (Lipinski definition) is 3. The van der Waals surface area contributed by atoms with E-state index in [1.165, 1.54) is 18.4 Å². The highest BCUT2D eigenvalue weighted by Crippen LogP contribution is 2.33. The Bertz CT molecular complexity index is 443. The van der Waals surface area contributed by atoms with Crippen LogP contribution < -0.4 is 10.5 Å². The molecule has 1 aromatic rings. The third kappa shape index (κ3) is 3.58. The van der Waals surface area contributed by atoms with Gasteiger partial charge in [0.25, 0.3) is 0 Å². The molecule has 1 aliphatic heterocycles. The van der Waals surface area contributed by atoms with Gasteiger partial charge in [0.15, 0.2) is 0 Å². The fraction of sp³-hybridized carbons (Fsp3) is 0.667. The van der Waals surface area contributed by atoms with Crippen molar-refractivity contribution in [3.63, 3.8) is 0 Å². The van der Waals surface area contributed by atoms with E-state index in [-0.39, 0.29) is 5.54 Å². The summed E-state index contributed by atoms with van der Waals surface area (Å²) in [5.41, 5.74) is 7.62. The molecule has 1 aliphatic rings. The van der Waals surface area contributed by atoms with Crippen LogP contribution in [0.2, 0.25) is 0 Å². The molecule has 3 heteroatoms. The summed E-state index contributed by atoms with van der Waals surface area (Å²) in [6.07, 6.45) is 3.47. The third-order valence-corrected chi connectivity index (χ3v) is 5.09. The van der Waals surface area contributed by atoms with Crippen molar-refractivity contribution in [3.8, 4) is 5.75 Å². The second-order valence-corrected chi connectivity index (χ2v) is 6.38. The molecule has 1 heterocycles. The van der Waals surface area contributed by atoms with Gasteiger partial charge in [-0.1, -0.05) is 45.4 Å². The highest BCUT2D eigenvalue weighted by molar-refractivity contribution is 5.34. The maximum atomic E-state index is 6.24. The van der Waals surface area contributed by atoms with E-state index in [4.69, 9.17) is 10.5 Å². The zero-order valence-electron chi connectivity index (χ0n) is 13.8. The van der Waals surface area contributed by atoms with Gasteiger partial charge in [-0.3, -0.25) is 4.90 Å². The van der Waals surface area contributed by atoms with E-state index in [0.29, 0.717) is 5.92 Å². The van der Waals surface area contributed by atoms with Crippen LogP contribution in [0.15, 0.2) is 24.3 Å². The molecule has 0 spiro atoms. The Kier molecular flexibility index (Phi) is 5.65. The Hall–Kier alpha value is -1.06. The highest BCUT2D eigenvalue weighted by Gasteiger charge is 2.36. The summed E-state index contributed by atoms with van der Waals surface area (Å²) in [5, 5.41) is 0. The Morgan fingerprint density at radius 1 is 1.33 bits per heavy atom. The Labute approximate surface area is 129 Å². The van der Waals surface area contributed by atoms with Gasteiger partial charge >= 0.3 is 0 Å². The van der Waals surface area contributed by atoms with Gasteiger partial charge in [-0.15, -0.1) is 0 Å². The fourth-order valence-corrected chi connectivity index (χ4v) is 3.38. The van der Waals surface area contributed by atoms with Crippen LogP contribution in [-0.4, -0.2) is 30.1 Å². The van der Waals surface area contributed by atoms with Crippen LogP contribution in [0, 0.1) is 5.92 Å². The predicted molar refractivity (Wildman–Crippen MR) is 88.5 cm³/mol. The molecule has 0 fully saturated rings. The highest BCUT2D eigenvalue weighted by atomic mass is 16.5. The average Bonchev–Trinajstić information content (AvgIpc) is 2.75. The standard InChI is InChI=1S/C18H30N2O/c1-4-15(3)12-18(5-2,14-19)20-10-11-21-17-9-7-6-8-16(17)13-20/h6-9,15H,4-5,10-14,19H2,1-3H3. The topological polar surface area (TPSA) is 38.5 Å². The van der Waals surface area contributed by atoms with Crippen molar-refractivity contribution in [1.82, 2.24) is 4.90 Å². The first-order valence-corrected chi connectivity index (χ1v) is 8.31. The minimum atomic E-state index is 0.0935. The van der Waals surface area contributed by atoms with Crippen LogP contribution in [0.3, 0.4) is 0 Å². The molecule has 0 aromatic heterocycles. The van der Waals surface area contributed by atoms with Gasteiger partial charge in [-0.25, -0.2) is 0 Å². The molecule has 0 radical (unpaired) electrons. The Morgan fingerprint density at radius 3 is 2.76 bits per heavy atom. The van der Waals surface area contributed by atoms with Crippen molar-refractivity contribution in [3.05, 3.63) is 29.8 Å². The number of para-hydroxylation sites is 1. The second-order valence-electron chi connectivity index (χ2n) is 6.38. The molecule has 1 aromatic carbocycles. The summed E-state index contributed by atoms with van der Waals surface area (Å²) in [4.78, 5) is 2.56. The first-order valence-electron chi connectivity index (χ1n) is 8.31. The number of hydrogen-bond donors (Lipinski definition) is 1. The lowest BCUT2D eigenvalue weighted by Gasteiger charge is -2.44. The zero-order valence-corrected chi connectivity index (χ0v) is 13.8. The van der Waals surface area contributed by atoms with Crippen LogP contribution >= 0.6 is 0 Å². The normalized spacial score (nSPS) is 20.0. The van der Waals surface area contributed by atoms with Crippen molar-refractivity contribution >= 4 is 0 Å². The lowest BCUT2D eigenvalue weighted by molar-refractivity contribution is 0.0533. The largest absolute Gasteiger partial charge is 0.492 e. The van der Waals surface area contributed by atoms with Gasteiger partial charge in [0.05, 0.1) is 0 Å². The Balaban J connectivity index is 2.24. The molecular formula is C18H30N2O. The minimum absolute atomic E-state index is 0.0935. The molecular weight excluding hydrogens is 260 g/mol. The van der Waals surface area contributed by atoms with Crippen LogP contribution in [0.5, 0.6) is 5.75 Å². The van der Waals surface area contributed by atoms with E-state index in [1.807, 2.05) is 6.07 Å². The molecule has 0 bridgehead atoms. The maximum Gasteiger partial charge on any atom is 0.123 e. The Morgan fingerprint density at radius 2 is 2.10 bits per heavy atom. The summed E-state index contributed by atoms with van der Waals surface area (Å²) < 4.78 is 5.91. The summed E-state index contributed by atoms with van der Waals surface area (Å²) in [5.74, 6) is 1.73. The number of ether oxygens (including phenoxy) is 1. The van der Waals surface area contributed by atoms with E-state index >= 15 is 0 Å². The van der Waals surface area contributed by atoms with Crippen LogP contribution in [-0.2, 0) is 6.54 Å². The molecule has 3 nitrogen and oxygen atoms in total. The number of rotatable bonds is 6. The van der Waals surface area contributed by atoms with E-state index in [1.54, 1.807) is 0 Å². The summed E-state index contributed by atoms with van der Waals surface area (Å²) in [7, 11) is 0. The zero-order chi connectivity index (χ0) is 15.3. The summed E-state index contributed by atoms with van der Waals surface area (Å²) in [6.45, 7) is 10.2. The van der Waals surface area contributed by atoms with Gasteiger partial charge in [0.1, 0.15) is 12.4 Å². The number of nitrogens with zero attached hydrogens (tertiary/aromatic N) is 1. The first-order chi connectivity index (χ1) is 10.1. The van der Waals surface area contributed by atoms with Gasteiger partial charge in [-0.2, -0.15) is 0 Å². The van der Waals surface area contributed by atoms with Crippen molar-refractivity contribution in [2.75, 3.05) is 19.7 Å². The first kappa shape index (κ1) is 16.3. The molecule has 0 amide bonds. The van der Waals surface area contributed by atoms with Crippen molar-refractivity contribution < 1.29 is 4.74 Å². The van der Waals surface area contributed by atoms with Crippen LogP contribution in [0.25, 0.3) is 0 Å². The molecule has 2 rings (SSSR count). The summed E-state index contributed by atoms with van der Waals surface area (Å²) >= 11 is 0. The number of benzene rings is 1. The van der Waals surface area contributed by atoms with Crippen LogP contribution in [0.1, 0.15) is 45.6 Å². The van der Waals surface area contributed by atoms with Gasteiger partial charge < -0.3 is 10.5 Å². The average molecular weight is 290 g/mol. The van der Waals surface area contributed by atoms with Gasteiger partial charge in [-0.05, 0) is 24.8 Å². The molecule has 0 saturated carbocycles. The fourth-order valence-electron chi connectivity index (χ4n) is 3.38. The van der Waals surface area contributed by atoms with E-state index in [0.717, 1.165) is 38.4 Å². The summed E-state index contributed by atoms with van der Waals surface area (Å²) in [6, 6.07) is 8.39. The lowest BCUT2D eigenvalue weighted by Crippen LogP contribution is -2.54. The van der Waals surface area contributed by atoms with E-state index < -0.39 is 0 Å². The monoisotopic (exact) mass is 290 g/mol. The molecule has 118 valence electrons. The van der Waals surface area contributed by atoms with Crippen molar-refractivity contribution in [2.24, 2.45) is 11.7 Å². The molecule has 2 atom stereocenters. The van der Waals surface area contributed by atoms with Crippen molar-refractivity contribution in [2.45, 2.75) is 52.1 Å². The molecule has 2 unspecified atom stereocenters. The lowest BCUT2D eigenvalue weighted by atomic mass is 9.82.